The molecule has 4 aromatic heterocycles. The zero-order chi connectivity index (χ0) is 37.0. The van der Waals surface area contributed by atoms with Gasteiger partial charge in [0.2, 0.25) is 0 Å². The van der Waals surface area contributed by atoms with E-state index in [4.69, 9.17) is 9.97 Å². The fraction of sp³-hybridized carbons (Fsp3) is 0.0800. The number of pyridine rings is 4. The van der Waals surface area contributed by atoms with Gasteiger partial charge in [0.25, 0.3) is 0 Å². The smallest absolute Gasteiger partial charge is 0.0788 e. The summed E-state index contributed by atoms with van der Waals surface area (Å²) in [6.45, 7) is 8.46. The van der Waals surface area contributed by atoms with E-state index in [-0.39, 0.29) is 20.1 Å². The SMILES string of the molecule is Cc1cc(-c2cc(-c3ccccn3)[c-]cc2C)cc(-c2cc3ncc(C)cc3c3cc(C)cnc23)c1.[Ir].[c-]1cccc(-c2ccccc2)c1-c1ccccn1. The summed E-state index contributed by atoms with van der Waals surface area (Å²) >= 11 is 0. The summed E-state index contributed by atoms with van der Waals surface area (Å²) in [4.78, 5) is 18.6. The van der Waals surface area contributed by atoms with Crippen LogP contribution in [0.2, 0.25) is 0 Å². The van der Waals surface area contributed by atoms with Gasteiger partial charge in [0, 0.05) is 61.2 Å². The normalized spacial score (nSPS) is 10.8. The summed E-state index contributed by atoms with van der Waals surface area (Å²) in [5.41, 5.74) is 17.5. The monoisotopic (exact) mass is 887 g/mol. The molecule has 0 spiro atoms. The van der Waals surface area contributed by atoms with Gasteiger partial charge in [-0.05, 0) is 96.4 Å². The molecule has 4 heterocycles. The average molecular weight is 887 g/mol. The minimum Gasteiger partial charge on any atom is -0.305 e. The Morgan fingerprint density at radius 2 is 1.15 bits per heavy atom. The van der Waals surface area contributed by atoms with E-state index in [0.717, 1.165) is 72.1 Å². The van der Waals surface area contributed by atoms with Crippen molar-refractivity contribution < 1.29 is 20.1 Å². The van der Waals surface area contributed by atoms with E-state index < -0.39 is 0 Å². The van der Waals surface area contributed by atoms with Crippen LogP contribution < -0.4 is 0 Å². The Hall–Kier alpha value is -6.13. The van der Waals surface area contributed by atoms with Crippen molar-refractivity contribution in [1.29, 1.82) is 0 Å². The van der Waals surface area contributed by atoms with Gasteiger partial charge in [-0.25, -0.2) is 0 Å². The average Bonchev–Trinajstić information content (AvgIpc) is 3.22. The van der Waals surface area contributed by atoms with Crippen molar-refractivity contribution in [2.24, 2.45) is 0 Å². The summed E-state index contributed by atoms with van der Waals surface area (Å²) in [5.74, 6) is 0. The molecule has 4 nitrogen and oxygen atoms in total. The van der Waals surface area contributed by atoms with E-state index in [1.807, 2.05) is 91.5 Å². The molecule has 0 aliphatic heterocycles. The van der Waals surface area contributed by atoms with Crippen LogP contribution in [0.15, 0.2) is 158 Å². The number of aryl methyl sites for hydroxylation is 4. The summed E-state index contributed by atoms with van der Waals surface area (Å²) in [6, 6.07) is 52.6. The molecule has 0 saturated carbocycles. The van der Waals surface area contributed by atoms with Crippen molar-refractivity contribution in [3.8, 4) is 55.9 Å². The van der Waals surface area contributed by atoms with Gasteiger partial charge in [0.05, 0.1) is 11.0 Å². The molecule has 9 rings (SSSR count). The molecule has 9 aromatic rings. The maximum Gasteiger partial charge on any atom is 0.0788 e. The third-order valence-corrected chi connectivity index (χ3v) is 9.57. The van der Waals surface area contributed by atoms with Gasteiger partial charge < -0.3 is 9.97 Å². The van der Waals surface area contributed by atoms with Crippen LogP contribution in [0.1, 0.15) is 22.3 Å². The molecule has 269 valence electrons. The molecule has 0 aliphatic rings. The molecule has 0 amide bonds. The van der Waals surface area contributed by atoms with Crippen LogP contribution in [0.3, 0.4) is 0 Å². The van der Waals surface area contributed by atoms with Gasteiger partial charge in [-0.2, -0.15) is 0 Å². The quantitative estimate of drug-likeness (QED) is 0.128. The Morgan fingerprint density at radius 3 is 1.87 bits per heavy atom. The van der Waals surface area contributed by atoms with Gasteiger partial charge in [0.1, 0.15) is 0 Å². The summed E-state index contributed by atoms with van der Waals surface area (Å²) < 4.78 is 0. The number of rotatable bonds is 5. The first-order chi connectivity index (χ1) is 26.4. The molecule has 0 atom stereocenters. The Morgan fingerprint density at radius 1 is 0.473 bits per heavy atom. The van der Waals surface area contributed by atoms with Crippen molar-refractivity contribution >= 4 is 21.8 Å². The number of hydrogen-bond donors (Lipinski definition) is 0. The maximum absolute atomic E-state index is 4.90. The molecule has 0 unspecified atom stereocenters. The van der Waals surface area contributed by atoms with Gasteiger partial charge in [-0.3, -0.25) is 9.97 Å². The van der Waals surface area contributed by atoms with Crippen LogP contribution >= 0.6 is 0 Å². The van der Waals surface area contributed by atoms with Gasteiger partial charge >= 0.3 is 0 Å². The molecule has 0 aliphatic carbocycles. The van der Waals surface area contributed by atoms with Gasteiger partial charge in [-0.1, -0.05) is 90.3 Å². The zero-order valence-corrected chi connectivity index (χ0v) is 33.5. The third-order valence-electron chi connectivity index (χ3n) is 9.57. The Kier molecular flexibility index (Phi) is 11.1. The minimum absolute atomic E-state index is 0. The predicted molar refractivity (Wildman–Crippen MR) is 223 cm³/mol. The molecular weight excluding hydrogens is 849 g/mol. The van der Waals surface area contributed by atoms with Gasteiger partial charge in [0.15, 0.2) is 0 Å². The zero-order valence-electron chi connectivity index (χ0n) is 31.1. The maximum atomic E-state index is 4.90. The van der Waals surface area contributed by atoms with Crippen LogP contribution in [0, 0.1) is 39.8 Å². The van der Waals surface area contributed by atoms with E-state index in [0.29, 0.717) is 0 Å². The second kappa shape index (κ2) is 16.5. The molecular formula is C50H38IrN4-2. The number of fused-ring (bicyclic) bond motifs is 3. The first-order valence-electron chi connectivity index (χ1n) is 18.1. The number of benzene rings is 5. The van der Waals surface area contributed by atoms with E-state index in [1.165, 1.54) is 27.8 Å². The van der Waals surface area contributed by atoms with E-state index in [1.54, 1.807) is 0 Å². The molecule has 55 heavy (non-hydrogen) atoms. The van der Waals surface area contributed by atoms with Crippen molar-refractivity contribution in [1.82, 2.24) is 19.9 Å². The summed E-state index contributed by atoms with van der Waals surface area (Å²) in [7, 11) is 0. The second-order valence-electron chi connectivity index (χ2n) is 13.7. The standard InChI is InChI=1S/C33H26N3.C17H12N.Ir/c1-20-11-25(27-16-24(9-8-23(27)4)31-7-5-6-10-34-31)15-26(12-20)28-17-32-29(13-21(2)18-35-32)30-14-22(3)19-36-33(28)30;1-2-8-14(9-3-1)15-10-4-5-11-16(15)17-12-6-7-13-18-17;/h5-8,10-19H,1-4H3;1-10,12-13H;/q2*-1;. The molecule has 5 heteroatoms. The number of hydrogen-bond acceptors (Lipinski definition) is 4. The van der Waals surface area contributed by atoms with Crippen LogP contribution in [0.5, 0.6) is 0 Å². The number of nitrogens with zero attached hydrogens (tertiary/aromatic N) is 4. The largest absolute Gasteiger partial charge is 0.305 e. The molecule has 0 fully saturated rings. The van der Waals surface area contributed by atoms with E-state index in [2.05, 4.69) is 117 Å². The fourth-order valence-electron chi connectivity index (χ4n) is 6.98. The van der Waals surface area contributed by atoms with Gasteiger partial charge in [-0.15, -0.1) is 59.2 Å². The Bertz CT molecular complexity index is 2690. The topological polar surface area (TPSA) is 51.6 Å². The third kappa shape index (κ3) is 8.05. The van der Waals surface area contributed by atoms with E-state index in [9.17, 15) is 0 Å². The molecule has 0 N–H and O–H groups in total. The Balaban J connectivity index is 0.000000206. The predicted octanol–water partition coefficient (Wildman–Crippen LogP) is 12.4. The van der Waals surface area contributed by atoms with Crippen molar-refractivity contribution in [3.63, 3.8) is 0 Å². The van der Waals surface area contributed by atoms with Crippen molar-refractivity contribution in [3.05, 3.63) is 193 Å². The van der Waals surface area contributed by atoms with Crippen LogP contribution in [-0.2, 0) is 20.1 Å². The van der Waals surface area contributed by atoms with Crippen LogP contribution in [0.4, 0.5) is 0 Å². The fourth-order valence-corrected chi connectivity index (χ4v) is 6.98. The van der Waals surface area contributed by atoms with Crippen molar-refractivity contribution in [2.75, 3.05) is 0 Å². The summed E-state index contributed by atoms with van der Waals surface area (Å²) in [5, 5.41) is 2.29. The minimum atomic E-state index is 0. The molecule has 0 bridgehead atoms. The Labute approximate surface area is 336 Å². The summed E-state index contributed by atoms with van der Waals surface area (Å²) in [6.07, 6.45) is 7.52. The molecule has 5 aromatic carbocycles. The first-order valence-corrected chi connectivity index (χ1v) is 18.1. The molecule has 0 saturated heterocycles. The van der Waals surface area contributed by atoms with Crippen LogP contribution in [0.25, 0.3) is 77.7 Å². The first kappa shape index (κ1) is 37.2. The number of aromatic nitrogens is 4. The molecule has 1 radical (unpaired) electrons. The second-order valence-corrected chi connectivity index (χ2v) is 13.7. The van der Waals surface area contributed by atoms with E-state index >= 15 is 0 Å². The van der Waals surface area contributed by atoms with Crippen molar-refractivity contribution in [2.45, 2.75) is 27.7 Å². The van der Waals surface area contributed by atoms with Crippen LogP contribution in [-0.4, -0.2) is 19.9 Å².